The molecule has 2 saturated heterocycles. The Balaban J connectivity index is 1.39. The number of aromatic nitrogens is 2. The highest BCUT2D eigenvalue weighted by Crippen LogP contribution is 2.32. The third-order valence-corrected chi connectivity index (χ3v) is 5.73. The normalized spacial score (nSPS) is 19.3. The van der Waals surface area contributed by atoms with Gasteiger partial charge in [-0.05, 0) is 44.9 Å². The molecule has 0 aliphatic carbocycles. The maximum Gasteiger partial charge on any atom is 0.253 e. The Hall–Kier alpha value is -2.67. The van der Waals surface area contributed by atoms with Crippen molar-refractivity contribution in [2.75, 3.05) is 31.1 Å². The average molecular weight is 382 g/mol. The highest BCUT2D eigenvalue weighted by atomic mass is 16.5. The Labute approximate surface area is 164 Å². The van der Waals surface area contributed by atoms with Crippen molar-refractivity contribution in [1.29, 1.82) is 0 Å². The molecule has 0 unspecified atom stereocenters. The van der Waals surface area contributed by atoms with E-state index in [2.05, 4.69) is 5.10 Å². The summed E-state index contributed by atoms with van der Waals surface area (Å²) in [6.45, 7) is 6.05. The second-order valence-electron chi connectivity index (χ2n) is 7.75. The van der Waals surface area contributed by atoms with Crippen LogP contribution in [0.25, 0.3) is 0 Å². The molecule has 2 amide bonds. The predicted molar refractivity (Wildman–Crippen MR) is 105 cm³/mol. The SMILES string of the molecule is Cc1cc(C)n(CC(=O)N2CCC3(CC2)CN(c2ccccc2)C(=O)CO3)n1. The van der Waals surface area contributed by atoms with Gasteiger partial charge >= 0.3 is 0 Å². The van der Waals surface area contributed by atoms with E-state index in [1.54, 1.807) is 4.68 Å². The summed E-state index contributed by atoms with van der Waals surface area (Å²) < 4.78 is 7.75. The molecule has 1 aromatic heterocycles. The molecule has 2 aliphatic heterocycles. The number of amides is 2. The third-order valence-electron chi connectivity index (χ3n) is 5.73. The van der Waals surface area contributed by atoms with Crippen molar-refractivity contribution in [2.24, 2.45) is 0 Å². The van der Waals surface area contributed by atoms with Crippen LogP contribution >= 0.6 is 0 Å². The van der Waals surface area contributed by atoms with Gasteiger partial charge in [0.15, 0.2) is 0 Å². The summed E-state index contributed by atoms with van der Waals surface area (Å²) in [7, 11) is 0. The minimum Gasteiger partial charge on any atom is -0.363 e. The molecule has 2 aliphatic rings. The smallest absolute Gasteiger partial charge is 0.253 e. The number of anilines is 1. The third kappa shape index (κ3) is 3.67. The Kier molecular flexibility index (Phi) is 4.93. The van der Waals surface area contributed by atoms with Gasteiger partial charge in [-0.25, -0.2) is 0 Å². The molecule has 0 saturated carbocycles. The summed E-state index contributed by atoms with van der Waals surface area (Å²) in [5, 5.41) is 4.38. The Morgan fingerprint density at radius 3 is 2.54 bits per heavy atom. The lowest BCUT2D eigenvalue weighted by molar-refractivity contribution is -0.150. The highest BCUT2D eigenvalue weighted by molar-refractivity contribution is 5.95. The number of morpholine rings is 1. The van der Waals surface area contributed by atoms with Gasteiger partial charge in [-0.3, -0.25) is 14.3 Å². The van der Waals surface area contributed by atoms with Gasteiger partial charge in [-0.2, -0.15) is 5.10 Å². The fourth-order valence-electron chi connectivity index (χ4n) is 4.09. The van der Waals surface area contributed by atoms with Crippen LogP contribution in [0.15, 0.2) is 36.4 Å². The quantitative estimate of drug-likeness (QED) is 0.814. The van der Waals surface area contributed by atoms with Crippen LogP contribution in [-0.4, -0.2) is 58.3 Å². The van der Waals surface area contributed by atoms with Crippen LogP contribution in [0.5, 0.6) is 0 Å². The number of likely N-dealkylation sites (tertiary alicyclic amines) is 1. The number of rotatable bonds is 3. The standard InChI is InChI=1S/C21H26N4O3/c1-16-12-17(2)25(22-16)13-19(26)23-10-8-21(9-11-23)15-24(20(27)14-28-21)18-6-4-3-5-7-18/h3-7,12H,8-11,13-15H2,1-2H3. The molecule has 148 valence electrons. The Bertz CT molecular complexity index is 869. The van der Waals surface area contributed by atoms with Gasteiger partial charge in [0.1, 0.15) is 13.2 Å². The largest absolute Gasteiger partial charge is 0.363 e. The van der Waals surface area contributed by atoms with Crippen molar-refractivity contribution in [3.05, 3.63) is 47.8 Å². The monoisotopic (exact) mass is 382 g/mol. The van der Waals surface area contributed by atoms with Crippen molar-refractivity contribution in [3.63, 3.8) is 0 Å². The lowest BCUT2D eigenvalue weighted by atomic mass is 9.89. The van der Waals surface area contributed by atoms with Crippen molar-refractivity contribution in [2.45, 2.75) is 38.8 Å². The molecule has 7 heteroatoms. The second kappa shape index (κ2) is 7.39. The number of hydrogen-bond donors (Lipinski definition) is 0. The molecular weight excluding hydrogens is 356 g/mol. The first-order valence-electron chi connectivity index (χ1n) is 9.74. The molecule has 0 radical (unpaired) electrons. The Morgan fingerprint density at radius 2 is 1.89 bits per heavy atom. The topological polar surface area (TPSA) is 67.7 Å². The zero-order chi connectivity index (χ0) is 19.7. The number of ether oxygens (including phenoxy) is 1. The van der Waals surface area contributed by atoms with Crippen LogP contribution in [0.2, 0.25) is 0 Å². The fourth-order valence-corrected chi connectivity index (χ4v) is 4.09. The summed E-state index contributed by atoms with van der Waals surface area (Å²) >= 11 is 0. The van der Waals surface area contributed by atoms with Crippen LogP contribution in [0, 0.1) is 13.8 Å². The summed E-state index contributed by atoms with van der Waals surface area (Å²) in [4.78, 5) is 28.8. The molecule has 0 atom stereocenters. The van der Waals surface area contributed by atoms with Crippen molar-refractivity contribution >= 4 is 17.5 Å². The van der Waals surface area contributed by atoms with Crippen LogP contribution in [0.4, 0.5) is 5.69 Å². The number of carbonyl (C=O) groups excluding carboxylic acids is 2. The van der Waals surface area contributed by atoms with E-state index in [4.69, 9.17) is 4.74 Å². The van der Waals surface area contributed by atoms with Gasteiger partial charge in [0, 0.05) is 24.5 Å². The lowest BCUT2D eigenvalue weighted by Crippen LogP contribution is -2.59. The molecule has 2 aromatic rings. The van der Waals surface area contributed by atoms with Gasteiger partial charge in [-0.1, -0.05) is 18.2 Å². The molecule has 7 nitrogen and oxygen atoms in total. The maximum absolute atomic E-state index is 12.7. The van der Waals surface area contributed by atoms with Gasteiger partial charge in [-0.15, -0.1) is 0 Å². The second-order valence-corrected chi connectivity index (χ2v) is 7.75. The summed E-state index contributed by atoms with van der Waals surface area (Å²) in [6.07, 6.45) is 1.46. The van der Waals surface area contributed by atoms with Gasteiger partial charge in [0.2, 0.25) is 5.91 Å². The molecule has 0 N–H and O–H groups in total. The van der Waals surface area contributed by atoms with E-state index >= 15 is 0 Å². The van der Waals surface area contributed by atoms with Crippen LogP contribution in [0.3, 0.4) is 0 Å². The van der Waals surface area contributed by atoms with E-state index < -0.39 is 0 Å². The average Bonchev–Trinajstić information content (AvgIpc) is 3.02. The van der Waals surface area contributed by atoms with Crippen molar-refractivity contribution in [3.8, 4) is 0 Å². The van der Waals surface area contributed by atoms with Gasteiger partial charge in [0.25, 0.3) is 5.91 Å². The first kappa shape index (κ1) is 18.7. The summed E-state index contributed by atoms with van der Waals surface area (Å²) in [5.74, 6) is 0.0627. The molecular formula is C21H26N4O3. The minimum absolute atomic E-state index is 0.0140. The first-order valence-corrected chi connectivity index (χ1v) is 9.74. The van der Waals surface area contributed by atoms with E-state index in [0.29, 0.717) is 19.6 Å². The summed E-state index contributed by atoms with van der Waals surface area (Å²) in [5.41, 5.74) is 2.44. The van der Waals surface area contributed by atoms with E-state index in [0.717, 1.165) is 29.9 Å². The first-order chi connectivity index (χ1) is 13.5. The van der Waals surface area contributed by atoms with Crippen LogP contribution < -0.4 is 4.90 Å². The fraction of sp³-hybridized carbons (Fsp3) is 0.476. The number of carbonyl (C=O) groups is 2. The summed E-state index contributed by atoms with van der Waals surface area (Å²) in [6, 6.07) is 11.7. The number of hydrogen-bond acceptors (Lipinski definition) is 4. The number of benzene rings is 1. The van der Waals surface area contributed by atoms with E-state index in [-0.39, 0.29) is 30.6 Å². The number of nitrogens with zero attached hydrogens (tertiary/aromatic N) is 4. The van der Waals surface area contributed by atoms with Crippen LogP contribution in [-0.2, 0) is 20.9 Å². The molecule has 1 spiro atoms. The Morgan fingerprint density at radius 1 is 1.18 bits per heavy atom. The van der Waals surface area contributed by atoms with E-state index in [9.17, 15) is 9.59 Å². The van der Waals surface area contributed by atoms with Gasteiger partial charge in [0.05, 0.1) is 17.8 Å². The van der Waals surface area contributed by atoms with Crippen molar-refractivity contribution in [1.82, 2.24) is 14.7 Å². The molecule has 28 heavy (non-hydrogen) atoms. The van der Waals surface area contributed by atoms with E-state index in [1.807, 2.05) is 60.0 Å². The van der Waals surface area contributed by atoms with Crippen LogP contribution in [0.1, 0.15) is 24.2 Å². The number of piperidine rings is 1. The molecule has 2 fully saturated rings. The zero-order valence-electron chi connectivity index (χ0n) is 16.4. The van der Waals surface area contributed by atoms with Crippen molar-refractivity contribution < 1.29 is 14.3 Å². The molecule has 4 rings (SSSR count). The molecule has 0 bridgehead atoms. The van der Waals surface area contributed by atoms with E-state index in [1.165, 1.54) is 0 Å². The lowest BCUT2D eigenvalue weighted by Gasteiger charge is -2.47. The minimum atomic E-state index is -0.376. The predicted octanol–water partition coefficient (Wildman–Crippen LogP) is 1.92. The maximum atomic E-state index is 12.7. The molecule has 3 heterocycles. The highest BCUT2D eigenvalue weighted by Gasteiger charge is 2.43. The number of aryl methyl sites for hydroxylation is 2. The van der Waals surface area contributed by atoms with Gasteiger partial charge < -0.3 is 14.5 Å². The number of para-hydroxylation sites is 1. The molecule has 1 aromatic carbocycles. The zero-order valence-corrected chi connectivity index (χ0v) is 16.4.